The summed E-state index contributed by atoms with van der Waals surface area (Å²) in [6.45, 7) is 3.42. The molecule has 8 heteroatoms. The maximum absolute atomic E-state index is 12.7. The highest BCUT2D eigenvalue weighted by molar-refractivity contribution is 9.10. The number of benzene rings is 2. The molecule has 1 fully saturated rings. The van der Waals surface area contributed by atoms with Crippen molar-refractivity contribution in [1.82, 2.24) is 15.4 Å². The van der Waals surface area contributed by atoms with Crippen molar-refractivity contribution in [1.29, 1.82) is 0 Å². The molecule has 0 saturated carbocycles. The molecule has 1 aliphatic heterocycles. The summed E-state index contributed by atoms with van der Waals surface area (Å²) < 4.78 is 11.8. The number of carbonyl (C=O) groups is 1. The fourth-order valence-electron chi connectivity index (χ4n) is 3.44. The van der Waals surface area contributed by atoms with Gasteiger partial charge in [-0.3, -0.25) is 9.69 Å². The molecule has 0 spiro atoms. The van der Waals surface area contributed by atoms with Gasteiger partial charge in [-0.15, -0.1) is 0 Å². The Bertz CT molecular complexity index is 986. The molecule has 1 saturated heterocycles. The van der Waals surface area contributed by atoms with Gasteiger partial charge in [-0.1, -0.05) is 57.0 Å². The van der Waals surface area contributed by atoms with Gasteiger partial charge in [0.2, 0.25) is 0 Å². The Morgan fingerprint density at radius 2 is 1.83 bits per heavy atom. The maximum atomic E-state index is 12.7. The van der Waals surface area contributed by atoms with Crippen molar-refractivity contribution in [2.45, 2.75) is 6.04 Å². The number of nitrogens with zero attached hydrogens (tertiary/aromatic N) is 2. The third-order valence-corrected chi connectivity index (χ3v) is 5.85. The van der Waals surface area contributed by atoms with Crippen LogP contribution in [-0.2, 0) is 4.74 Å². The van der Waals surface area contributed by atoms with Crippen LogP contribution in [0.3, 0.4) is 0 Å². The van der Waals surface area contributed by atoms with E-state index in [9.17, 15) is 4.79 Å². The SMILES string of the molecule is O=C(NC[C@H](c1ccc(Cl)cc1)N1CCOCC1)c1cc(-c2ccc(Br)cc2)on1. The van der Waals surface area contributed by atoms with E-state index in [4.69, 9.17) is 20.9 Å². The van der Waals surface area contributed by atoms with Crippen molar-refractivity contribution in [2.24, 2.45) is 0 Å². The Balaban J connectivity index is 1.45. The summed E-state index contributed by atoms with van der Waals surface area (Å²) in [6.07, 6.45) is 0. The van der Waals surface area contributed by atoms with Crippen LogP contribution in [0.5, 0.6) is 0 Å². The van der Waals surface area contributed by atoms with E-state index in [0.717, 1.165) is 28.7 Å². The zero-order valence-electron chi connectivity index (χ0n) is 16.2. The highest BCUT2D eigenvalue weighted by Crippen LogP contribution is 2.24. The Hall–Kier alpha value is -2.19. The molecule has 0 radical (unpaired) electrons. The average molecular weight is 491 g/mol. The lowest BCUT2D eigenvalue weighted by Crippen LogP contribution is -2.43. The molecule has 4 rings (SSSR count). The number of nitrogens with one attached hydrogen (secondary N) is 1. The van der Waals surface area contributed by atoms with E-state index >= 15 is 0 Å². The number of morpholine rings is 1. The minimum absolute atomic E-state index is 0.0213. The zero-order chi connectivity index (χ0) is 20.9. The second kappa shape index (κ2) is 9.75. The molecule has 1 atom stereocenters. The van der Waals surface area contributed by atoms with E-state index in [1.165, 1.54) is 0 Å². The molecule has 2 heterocycles. The van der Waals surface area contributed by atoms with Gasteiger partial charge < -0.3 is 14.6 Å². The summed E-state index contributed by atoms with van der Waals surface area (Å²) >= 11 is 9.45. The van der Waals surface area contributed by atoms with E-state index in [0.29, 0.717) is 30.5 Å². The van der Waals surface area contributed by atoms with Gasteiger partial charge in [-0.05, 0) is 29.8 Å². The van der Waals surface area contributed by atoms with Gasteiger partial charge in [0.05, 0.1) is 19.3 Å². The molecule has 1 aromatic heterocycles. The third kappa shape index (κ3) is 5.10. The normalized spacial score (nSPS) is 15.7. The van der Waals surface area contributed by atoms with E-state index in [2.05, 4.69) is 31.3 Å². The average Bonchev–Trinajstić information content (AvgIpc) is 3.27. The van der Waals surface area contributed by atoms with Crippen LogP contribution >= 0.6 is 27.5 Å². The Morgan fingerprint density at radius 1 is 1.13 bits per heavy atom. The van der Waals surface area contributed by atoms with E-state index < -0.39 is 0 Å². The van der Waals surface area contributed by atoms with Crippen molar-refractivity contribution in [2.75, 3.05) is 32.8 Å². The van der Waals surface area contributed by atoms with Crippen LogP contribution in [0, 0.1) is 0 Å². The first-order chi connectivity index (χ1) is 14.6. The zero-order valence-corrected chi connectivity index (χ0v) is 18.5. The highest BCUT2D eigenvalue weighted by Gasteiger charge is 2.24. The van der Waals surface area contributed by atoms with Crippen LogP contribution in [0.2, 0.25) is 5.02 Å². The van der Waals surface area contributed by atoms with Gasteiger partial charge in [0.1, 0.15) is 0 Å². The van der Waals surface area contributed by atoms with Crippen molar-refractivity contribution >= 4 is 33.4 Å². The van der Waals surface area contributed by atoms with E-state index in [1.807, 2.05) is 48.5 Å². The number of hydrogen-bond acceptors (Lipinski definition) is 5. The number of halogens is 2. The molecular formula is C22H21BrClN3O3. The first-order valence-electron chi connectivity index (χ1n) is 9.68. The van der Waals surface area contributed by atoms with Gasteiger partial charge in [-0.2, -0.15) is 0 Å². The van der Waals surface area contributed by atoms with Crippen molar-refractivity contribution in [3.05, 3.63) is 75.4 Å². The number of hydrogen-bond donors (Lipinski definition) is 1. The number of ether oxygens (including phenoxy) is 1. The molecule has 156 valence electrons. The smallest absolute Gasteiger partial charge is 0.273 e. The van der Waals surface area contributed by atoms with Gasteiger partial charge in [-0.25, -0.2) is 0 Å². The number of carbonyl (C=O) groups excluding carboxylic acids is 1. The molecule has 3 aromatic rings. The summed E-state index contributed by atoms with van der Waals surface area (Å²) in [4.78, 5) is 15.0. The first kappa shape index (κ1) is 21.1. The summed E-state index contributed by atoms with van der Waals surface area (Å²) in [7, 11) is 0. The predicted molar refractivity (Wildman–Crippen MR) is 119 cm³/mol. The summed E-state index contributed by atoms with van der Waals surface area (Å²) in [5.41, 5.74) is 2.21. The first-order valence-corrected chi connectivity index (χ1v) is 10.9. The topological polar surface area (TPSA) is 67.6 Å². The molecule has 1 amide bonds. The Morgan fingerprint density at radius 3 is 2.53 bits per heavy atom. The summed E-state index contributed by atoms with van der Waals surface area (Å²) in [5, 5.41) is 7.63. The quantitative estimate of drug-likeness (QED) is 0.549. The monoisotopic (exact) mass is 489 g/mol. The molecule has 6 nitrogen and oxygen atoms in total. The van der Waals surface area contributed by atoms with Crippen LogP contribution in [0.4, 0.5) is 0 Å². The van der Waals surface area contributed by atoms with Gasteiger partial charge in [0.15, 0.2) is 11.5 Å². The second-order valence-corrected chi connectivity index (χ2v) is 8.36. The van der Waals surface area contributed by atoms with Crippen LogP contribution in [0.15, 0.2) is 63.6 Å². The fraction of sp³-hybridized carbons (Fsp3) is 0.273. The molecule has 1 aliphatic rings. The van der Waals surface area contributed by atoms with Crippen molar-refractivity contribution in [3.63, 3.8) is 0 Å². The molecule has 2 aromatic carbocycles. The van der Waals surface area contributed by atoms with Crippen LogP contribution in [0.1, 0.15) is 22.1 Å². The van der Waals surface area contributed by atoms with E-state index in [-0.39, 0.29) is 17.6 Å². The standard InChI is InChI=1S/C22H21BrClN3O3/c23-17-5-1-16(2-6-17)21-13-19(26-30-21)22(28)25-14-20(27-9-11-29-12-10-27)15-3-7-18(24)8-4-15/h1-8,13,20H,9-12,14H2,(H,25,28)/t20-/m1/s1. The molecule has 30 heavy (non-hydrogen) atoms. The lowest BCUT2D eigenvalue weighted by Gasteiger charge is -2.34. The minimum Gasteiger partial charge on any atom is -0.379 e. The van der Waals surface area contributed by atoms with Crippen LogP contribution in [-0.4, -0.2) is 48.8 Å². The Labute approximate surface area is 188 Å². The molecule has 0 unspecified atom stereocenters. The van der Waals surface area contributed by atoms with Gasteiger partial charge in [0, 0.05) is 40.8 Å². The lowest BCUT2D eigenvalue weighted by atomic mass is 10.0. The number of aromatic nitrogens is 1. The summed E-state index contributed by atoms with van der Waals surface area (Å²) in [6, 6.07) is 17.0. The third-order valence-electron chi connectivity index (χ3n) is 5.07. The molecule has 0 aliphatic carbocycles. The Kier molecular flexibility index (Phi) is 6.84. The fourth-order valence-corrected chi connectivity index (χ4v) is 3.83. The highest BCUT2D eigenvalue weighted by atomic mass is 79.9. The number of amides is 1. The predicted octanol–water partition coefficient (Wildman–Crippen LogP) is 4.56. The largest absolute Gasteiger partial charge is 0.379 e. The number of rotatable bonds is 6. The molecule has 0 bridgehead atoms. The van der Waals surface area contributed by atoms with E-state index in [1.54, 1.807) is 6.07 Å². The summed E-state index contributed by atoms with van der Waals surface area (Å²) in [5.74, 6) is 0.282. The van der Waals surface area contributed by atoms with Crippen molar-refractivity contribution in [3.8, 4) is 11.3 Å². The van der Waals surface area contributed by atoms with Gasteiger partial charge >= 0.3 is 0 Å². The lowest BCUT2D eigenvalue weighted by molar-refractivity contribution is 0.0162. The molecule has 1 N–H and O–H groups in total. The van der Waals surface area contributed by atoms with Crippen molar-refractivity contribution < 1.29 is 14.1 Å². The van der Waals surface area contributed by atoms with Gasteiger partial charge in [0.25, 0.3) is 5.91 Å². The molecular weight excluding hydrogens is 470 g/mol. The minimum atomic E-state index is -0.269. The van der Waals surface area contributed by atoms with Crippen LogP contribution in [0.25, 0.3) is 11.3 Å². The maximum Gasteiger partial charge on any atom is 0.273 e. The van der Waals surface area contributed by atoms with Crippen LogP contribution < -0.4 is 5.32 Å². The second-order valence-electron chi connectivity index (χ2n) is 7.01.